The third-order valence-corrected chi connectivity index (χ3v) is 4.05. The molecule has 2 amide bonds. The van der Waals surface area contributed by atoms with E-state index in [0.717, 1.165) is 6.54 Å². The number of carbonyl (C=O) groups excluding carboxylic acids is 2. The lowest BCUT2D eigenvalue weighted by Crippen LogP contribution is -2.46. The molecule has 0 unspecified atom stereocenters. The first-order chi connectivity index (χ1) is 10.3. The van der Waals surface area contributed by atoms with E-state index in [1.54, 1.807) is 17.1 Å². The summed E-state index contributed by atoms with van der Waals surface area (Å²) in [4.78, 5) is 26.0. The predicted molar refractivity (Wildman–Crippen MR) is 85.7 cm³/mol. The average molecular weight is 326 g/mol. The Morgan fingerprint density at radius 3 is 2.82 bits per heavy atom. The third kappa shape index (κ3) is 4.16. The van der Waals surface area contributed by atoms with Crippen molar-refractivity contribution in [2.45, 2.75) is 45.9 Å². The molecule has 1 aliphatic heterocycles. The number of anilines is 1. The summed E-state index contributed by atoms with van der Waals surface area (Å²) in [6.07, 6.45) is 2.90. The van der Waals surface area contributed by atoms with Gasteiger partial charge in [0, 0.05) is 18.5 Å². The molecule has 2 rings (SSSR count). The fraction of sp³-hybridized carbons (Fsp3) is 0.643. The van der Waals surface area contributed by atoms with Crippen molar-refractivity contribution in [3.63, 3.8) is 0 Å². The highest BCUT2D eigenvalue weighted by Crippen LogP contribution is 2.24. The van der Waals surface area contributed by atoms with Gasteiger partial charge in [-0.15, -0.1) is 11.8 Å². The van der Waals surface area contributed by atoms with E-state index in [4.69, 9.17) is 4.74 Å². The van der Waals surface area contributed by atoms with E-state index in [1.807, 2.05) is 27.7 Å². The molecule has 8 heteroatoms. The highest BCUT2D eigenvalue weighted by atomic mass is 32.2. The molecule has 0 bridgehead atoms. The minimum atomic E-state index is -0.576. The maximum Gasteiger partial charge on any atom is 0.411 e. The van der Waals surface area contributed by atoms with E-state index in [0.29, 0.717) is 17.3 Å². The lowest BCUT2D eigenvalue weighted by molar-refractivity contribution is -0.120. The normalized spacial score (nSPS) is 18.4. The SMILES string of the molecule is CCn1cc(NC(=O)[C@H]2CSCN2C(=O)OC(C)(C)C)cn1. The van der Waals surface area contributed by atoms with Gasteiger partial charge in [0.05, 0.1) is 17.8 Å². The van der Waals surface area contributed by atoms with Crippen molar-refractivity contribution in [2.24, 2.45) is 0 Å². The number of hydrogen-bond acceptors (Lipinski definition) is 5. The van der Waals surface area contributed by atoms with Crippen LogP contribution >= 0.6 is 11.8 Å². The fourth-order valence-corrected chi connectivity index (χ4v) is 3.13. The van der Waals surface area contributed by atoms with Crippen LogP contribution in [-0.4, -0.2) is 50.0 Å². The maximum atomic E-state index is 12.4. The van der Waals surface area contributed by atoms with E-state index in [2.05, 4.69) is 10.4 Å². The molecular formula is C14H22N4O3S. The summed E-state index contributed by atoms with van der Waals surface area (Å²) in [5, 5.41) is 6.91. The summed E-state index contributed by atoms with van der Waals surface area (Å²) >= 11 is 1.54. The molecule has 1 aliphatic rings. The van der Waals surface area contributed by atoms with Crippen molar-refractivity contribution in [1.29, 1.82) is 0 Å². The molecule has 7 nitrogen and oxygen atoms in total. The van der Waals surface area contributed by atoms with Crippen LogP contribution in [0, 0.1) is 0 Å². The van der Waals surface area contributed by atoms with Gasteiger partial charge in [-0.25, -0.2) is 4.79 Å². The molecule has 1 fully saturated rings. The van der Waals surface area contributed by atoms with Gasteiger partial charge in [-0.05, 0) is 27.7 Å². The van der Waals surface area contributed by atoms with Crippen LogP contribution < -0.4 is 5.32 Å². The van der Waals surface area contributed by atoms with Gasteiger partial charge in [-0.2, -0.15) is 5.10 Å². The fourth-order valence-electron chi connectivity index (χ4n) is 1.99. The number of rotatable bonds is 3. The van der Waals surface area contributed by atoms with E-state index in [-0.39, 0.29) is 5.91 Å². The van der Waals surface area contributed by atoms with Crippen molar-refractivity contribution >= 4 is 29.4 Å². The van der Waals surface area contributed by atoms with Crippen LogP contribution in [0.5, 0.6) is 0 Å². The number of nitrogens with one attached hydrogen (secondary N) is 1. The molecule has 1 atom stereocenters. The molecule has 0 aliphatic carbocycles. The maximum absolute atomic E-state index is 12.4. The summed E-state index contributed by atoms with van der Waals surface area (Å²) < 4.78 is 7.08. The number of hydrogen-bond donors (Lipinski definition) is 1. The summed E-state index contributed by atoms with van der Waals surface area (Å²) in [6, 6.07) is -0.523. The summed E-state index contributed by atoms with van der Waals surface area (Å²) in [5.74, 6) is 0.806. The summed E-state index contributed by atoms with van der Waals surface area (Å²) in [5.41, 5.74) is 0.0565. The van der Waals surface area contributed by atoms with Crippen molar-refractivity contribution in [3.05, 3.63) is 12.4 Å². The second-order valence-corrected chi connectivity index (χ2v) is 7.04. The number of thioether (sulfide) groups is 1. The van der Waals surface area contributed by atoms with Gasteiger partial charge in [-0.3, -0.25) is 14.4 Å². The largest absolute Gasteiger partial charge is 0.444 e. The number of nitrogens with zero attached hydrogens (tertiary/aromatic N) is 3. The second kappa shape index (κ2) is 6.60. The lowest BCUT2D eigenvalue weighted by atomic mass is 10.2. The van der Waals surface area contributed by atoms with Gasteiger partial charge in [0.1, 0.15) is 11.6 Å². The van der Waals surface area contributed by atoms with Crippen LogP contribution in [0.1, 0.15) is 27.7 Å². The first-order valence-electron chi connectivity index (χ1n) is 7.21. The quantitative estimate of drug-likeness (QED) is 0.921. The lowest BCUT2D eigenvalue weighted by Gasteiger charge is -2.27. The number of aromatic nitrogens is 2. The van der Waals surface area contributed by atoms with E-state index in [9.17, 15) is 9.59 Å². The van der Waals surface area contributed by atoms with E-state index < -0.39 is 17.7 Å². The topological polar surface area (TPSA) is 76.5 Å². The zero-order chi connectivity index (χ0) is 16.3. The standard InChI is InChI=1S/C14H22N4O3S/c1-5-17-7-10(6-15-17)16-12(19)11-8-22-9-18(11)13(20)21-14(2,3)4/h6-7,11H,5,8-9H2,1-4H3,(H,16,19)/t11-/m1/s1. The van der Waals surface area contributed by atoms with Crippen LogP contribution in [0.3, 0.4) is 0 Å². The first-order valence-corrected chi connectivity index (χ1v) is 8.36. The Balaban J connectivity index is 2.00. The smallest absolute Gasteiger partial charge is 0.411 e. The molecule has 1 saturated heterocycles. The van der Waals surface area contributed by atoms with Gasteiger partial charge in [0.2, 0.25) is 5.91 Å². The Kier molecular flexibility index (Phi) is 5.00. The molecule has 1 aromatic heterocycles. The highest BCUT2D eigenvalue weighted by Gasteiger charge is 2.37. The minimum absolute atomic E-state index is 0.216. The van der Waals surface area contributed by atoms with E-state index >= 15 is 0 Å². The monoisotopic (exact) mass is 326 g/mol. The zero-order valence-electron chi connectivity index (χ0n) is 13.3. The van der Waals surface area contributed by atoms with Crippen molar-refractivity contribution in [3.8, 4) is 0 Å². The molecule has 122 valence electrons. The van der Waals surface area contributed by atoms with Crippen molar-refractivity contribution < 1.29 is 14.3 Å². The Hall–Kier alpha value is -1.70. The Bertz CT molecular complexity index is 553. The van der Waals surface area contributed by atoms with Crippen LogP contribution in [-0.2, 0) is 16.1 Å². The molecular weight excluding hydrogens is 304 g/mol. The van der Waals surface area contributed by atoms with Gasteiger partial charge >= 0.3 is 6.09 Å². The minimum Gasteiger partial charge on any atom is -0.444 e. The number of ether oxygens (including phenoxy) is 1. The van der Waals surface area contributed by atoms with Crippen LogP contribution in [0.4, 0.5) is 10.5 Å². The Morgan fingerprint density at radius 2 is 2.23 bits per heavy atom. The highest BCUT2D eigenvalue weighted by molar-refractivity contribution is 7.99. The predicted octanol–water partition coefficient (Wildman–Crippen LogP) is 2.15. The number of aryl methyl sites for hydroxylation is 1. The number of carbonyl (C=O) groups is 2. The zero-order valence-corrected chi connectivity index (χ0v) is 14.1. The molecule has 22 heavy (non-hydrogen) atoms. The Labute approximate surface area is 134 Å². The van der Waals surface area contributed by atoms with Gasteiger partial charge < -0.3 is 10.1 Å². The van der Waals surface area contributed by atoms with Crippen LogP contribution in [0.2, 0.25) is 0 Å². The van der Waals surface area contributed by atoms with Crippen molar-refractivity contribution in [1.82, 2.24) is 14.7 Å². The van der Waals surface area contributed by atoms with Crippen LogP contribution in [0.15, 0.2) is 12.4 Å². The summed E-state index contributed by atoms with van der Waals surface area (Å²) in [6.45, 7) is 8.13. The molecule has 0 saturated carbocycles. The average Bonchev–Trinajstić information content (AvgIpc) is 3.04. The van der Waals surface area contributed by atoms with Crippen LogP contribution in [0.25, 0.3) is 0 Å². The first kappa shape index (κ1) is 16.7. The molecule has 0 aromatic carbocycles. The molecule has 0 radical (unpaired) electrons. The van der Waals surface area contributed by atoms with Gasteiger partial charge in [0.25, 0.3) is 0 Å². The molecule has 1 aromatic rings. The second-order valence-electron chi connectivity index (χ2n) is 6.04. The molecule has 1 N–H and O–H groups in total. The van der Waals surface area contributed by atoms with E-state index in [1.165, 1.54) is 16.7 Å². The van der Waals surface area contributed by atoms with Gasteiger partial charge in [-0.1, -0.05) is 0 Å². The third-order valence-electron chi connectivity index (χ3n) is 3.04. The van der Waals surface area contributed by atoms with Gasteiger partial charge in [0.15, 0.2) is 0 Å². The van der Waals surface area contributed by atoms with Crippen molar-refractivity contribution in [2.75, 3.05) is 16.9 Å². The summed E-state index contributed by atoms with van der Waals surface area (Å²) in [7, 11) is 0. The number of amides is 2. The molecule has 0 spiro atoms. The Morgan fingerprint density at radius 1 is 1.50 bits per heavy atom. The molecule has 2 heterocycles.